The highest BCUT2D eigenvalue weighted by molar-refractivity contribution is 5.15. The Balaban J connectivity index is 3.88. The Morgan fingerprint density at radius 3 is 2.60 bits per heavy atom. The molecule has 2 nitrogen and oxygen atoms in total. The van der Waals surface area contributed by atoms with E-state index in [0.717, 1.165) is 0 Å². The maximum Gasteiger partial charge on any atom is 0.117 e. The number of methoxy groups -OCH3 is 1. The molecule has 1 atom stereocenters. The zero-order valence-electron chi connectivity index (χ0n) is 6.35. The van der Waals surface area contributed by atoms with Crippen LogP contribution in [0.4, 0.5) is 0 Å². The molecule has 0 spiro atoms. The molecule has 0 saturated carbocycles. The third-order valence-corrected chi connectivity index (χ3v) is 1.37. The Labute approximate surface area is 61.8 Å². The van der Waals surface area contributed by atoms with Crippen molar-refractivity contribution in [3.8, 4) is 18.4 Å². The lowest BCUT2D eigenvalue weighted by molar-refractivity contribution is 0.178. The lowest BCUT2D eigenvalue weighted by Gasteiger charge is -2.11. The van der Waals surface area contributed by atoms with Gasteiger partial charge in [-0.3, -0.25) is 0 Å². The molecule has 2 heteroatoms. The molecule has 0 bridgehead atoms. The maximum absolute atomic E-state index is 8.56. The minimum absolute atomic E-state index is 0.536. The summed E-state index contributed by atoms with van der Waals surface area (Å²) in [6, 6.07) is 2.05. The number of terminal acetylenes is 1. The van der Waals surface area contributed by atoms with Crippen LogP contribution in [0.5, 0.6) is 0 Å². The Bertz CT molecular complexity index is 159. The van der Waals surface area contributed by atoms with E-state index in [1.54, 1.807) is 14.0 Å². The first-order valence-electron chi connectivity index (χ1n) is 3.06. The molecule has 1 unspecified atom stereocenters. The molecule has 0 radical (unpaired) electrons. The monoisotopic (exact) mass is 137 g/mol. The smallest absolute Gasteiger partial charge is 0.117 e. The van der Waals surface area contributed by atoms with Gasteiger partial charge in [-0.1, -0.05) is 5.92 Å². The van der Waals surface area contributed by atoms with Gasteiger partial charge in [-0.2, -0.15) is 5.26 Å². The van der Waals surface area contributed by atoms with Gasteiger partial charge >= 0.3 is 0 Å². The Hall–Kier alpha value is -0.990. The lowest BCUT2D eigenvalue weighted by Crippen LogP contribution is -2.13. The van der Waals surface area contributed by atoms with Crippen molar-refractivity contribution in [3.63, 3.8) is 0 Å². The highest BCUT2D eigenvalue weighted by Crippen LogP contribution is 2.17. The first kappa shape index (κ1) is 9.01. The fraction of sp³-hybridized carbons (Fsp3) is 0.625. The molecule has 0 rings (SSSR count). The summed E-state index contributed by atoms with van der Waals surface area (Å²) in [6.07, 6.45) is 5.72. The third kappa shape index (κ3) is 2.53. The molecule has 0 heterocycles. The number of hydrogen-bond acceptors (Lipinski definition) is 2. The number of nitrogens with zero attached hydrogens (tertiary/aromatic N) is 1. The van der Waals surface area contributed by atoms with Crippen LogP contribution in [-0.4, -0.2) is 13.7 Å². The normalized spacial score (nSPS) is 14.8. The van der Waals surface area contributed by atoms with E-state index in [2.05, 4.69) is 5.92 Å². The number of hydrogen-bond donors (Lipinski definition) is 0. The van der Waals surface area contributed by atoms with E-state index >= 15 is 0 Å². The van der Waals surface area contributed by atoms with Crippen LogP contribution in [0.2, 0.25) is 0 Å². The first-order chi connectivity index (χ1) is 4.68. The molecule has 0 aromatic rings. The summed E-state index contributed by atoms with van der Waals surface area (Å²) in [5.74, 6) is 2.42. The number of rotatable bonds is 3. The molecule has 0 aromatic heterocycles. The van der Waals surface area contributed by atoms with E-state index in [1.807, 2.05) is 6.07 Å². The van der Waals surface area contributed by atoms with Crippen LogP contribution in [0.25, 0.3) is 0 Å². The second kappa shape index (κ2) is 3.93. The van der Waals surface area contributed by atoms with Crippen molar-refractivity contribution in [3.05, 3.63) is 0 Å². The third-order valence-electron chi connectivity index (χ3n) is 1.37. The molecular weight excluding hydrogens is 126 g/mol. The van der Waals surface area contributed by atoms with Gasteiger partial charge in [0.25, 0.3) is 0 Å². The summed E-state index contributed by atoms with van der Waals surface area (Å²) in [4.78, 5) is 0. The minimum atomic E-state index is -0.657. The maximum atomic E-state index is 8.56. The summed E-state index contributed by atoms with van der Waals surface area (Å²) in [6.45, 7) is 2.26. The van der Waals surface area contributed by atoms with Crippen LogP contribution < -0.4 is 0 Å². The first-order valence-corrected chi connectivity index (χ1v) is 3.06. The van der Waals surface area contributed by atoms with Crippen LogP contribution in [0, 0.1) is 29.1 Å². The van der Waals surface area contributed by atoms with Crippen molar-refractivity contribution in [2.45, 2.75) is 13.3 Å². The van der Waals surface area contributed by atoms with E-state index in [-0.39, 0.29) is 0 Å². The zero-order valence-corrected chi connectivity index (χ0v) is 6.35. The van der Waals surface area contributed by atoms with Crippen LogP contribution in [-0.2, 0) is 4.74 Å². The predicted octanol–water partition coefficient (Wildman–Crippen LogP) is 1.19. The fourth-order valence-corrected chi connectivity index (χ4v) is 0.467. The molecule has 0 fully saturated rings. The van der Waals surface area contributed by atoms with Crippen LogP contribution in [0.3, 0.4) is 0 Å². The molecular formula is C8H11NO. The van der Waals surface area contributed by atoms with E-state index in [1.165, 1.54) is 0 Å². The SMILES string of the molecule is C#CC(C)(C#N)CCOC. The average molecular weight is 137 g/mol. The van der Waals surface area contributed by atoms with Gasteiger partial charge in [0, 0.05) is 20.1 Å². The van der Waals surface area contributed by atoms with Crippen LogP contribution >= 0.6 is 0 Å². The topological polar surface area (TPSA) is 33.0 Å². The lowest BCUT2D eigenvalue weighted by atomic mass is 9.90. The van der Waals surface area contributed by atoms with Crippen molar-refractivity contribution in [2.24, 2.45) is 5.41 Å². The van der Waals surface area contributed by atoms with Gasteiger partial charge in [0.2, 0.25) is 0 Å². The summed E-state index contributed by atoms with van der Waals surface area (Å²) < 4.78 is 4.79. The summed E-state index contributed by atoms with van der Waals surface area (Å²) in [5, 5.41) is 8.56. The summed E-state index contributed by atoms with van der Waals surface area (Å²) >= 11 is 0. The van der Waals surface area contributed by atoms with E-state index in [4.69, 9.17) is 16.4 Å². The molecule has 0 amide bonds. The van der Waals surface area contributed by atoms with Crippen molar-refractivity contribution in [2.75, 3.05) is 13.7 Å². The molecule has 54 valence electrons. The molecule has 0 aliphatic heterocycles. The highest BCUT2D eigenvalue weighted by atomic mass is 16.5. The summed E-state index contributed by atoms with van der Waals surface area (Å²) in [7, 11) is 1.59. The van der Waals surface area contributed by atoms with Gasteiger partial charge in [-0.15, -0.1) is 6.42 Å². The molecule has 10 heavy (non-hydrogen) atoms. The van der Waals surface area contributed by atoms with Gasteiger partial charge in [0.1, 0.15) is 5.41 Å². The van der Waals surface area contributed by atoms with Crippen LogP contribution in [0.15, 0.2) is 0 Å². The minimum Gasteiger partial charge on any atom is -0.385 e. The van der Waals surface area contributed by atoms with E-state index in [0.29, 0.717) is 13.0 Å². The Morgan fingerprint density at radius 2 is 2.30 bits per heavy atom. The van der Waals surface area contributed by atoms with E-state index in [9.17, 15) is 0 Å². The van der Waals surface area contributed by atoms with Crippen molar-refractivity contribution >= 4 is 0 Å². The largest absolute Gasteiger partial charge is 0.385 e. The summed E-state index contributed by atoms with van der Waals surface area (Å²) in [5.41, 5.74) is -0.657. The predicted molar refractivity (Wildman–Crippen MR) is 39.0 cm³/mol. The quantitative estimate of drug-likeness (QED) is 0.547. The molecule has 0 N–H and O–H groups in total. The van der Waals surface area contributed by atoms with Gasteiger partial charge in [0.05, 0.1) is 6.07 Å². The zero-order chi connectivity index (χ0) is 8.04. The second-order valence-electron chi connectivity index (χ2n) is 2.33. The highest BCUT2D eigenvalue weighted by Gasteiger charge is 2.19. The number of ether oxygens (including phenoxy) is 1. The van der Waals surface area contributed by atoms with Crippen LogP contribution in [0.1, 0.15) is 13.3 Å². The van der Waals surface area contributed by atoms with Crippen molar-refractivity contribution in [1.82, 2.24) is 0 Å². The van der Waals surface area contributed by atoms with Gasteiger partial charge in [0.15, 0.2) is 0 Å². The number of nitriles is 1. The molecule has 0 aliphatic rings. The Kier molecular flexibility index (Phi) is 3.54. The molecule has 0 aromatic carbocycles. The average Bonchev–Trinajstić information content (AvgIpc) is 2.00. The molecule has 0 aliphatic carbocycles. The van der Waals surface area contributed by atoms with Gasteiger partial charge < -0.3 is 4.74 Å². The second-order valence-corrected chi connectivity index (χ2v) is 2.33. The fourth-order valence-electron chi connectivity index (χ4n) is 0.467. The van der Waals surface area contributed by atoms with Crippen molar-refractivity contribution < 1.29 is 4.74 Å². The Morgan fingerprint density at radius 1 is 1.70 bits per heavy atom. The van der Waals surface area contributed by atoms with Crippen molar-refractivity contribution in [1.29, 1.82) is 5.26 Å². The van der Waals surface area contributed by atoms with Gasteiger partial charge in [-0.05, 0) is 6.92 Å². The standard InChI is InChI=1S/C8H11NO/c1-4-8(2,7-9)5-6-10-3/h1H,5-6H2,2-3H3. The van der Waals surface area contributed by atoms with E-state index < -0.39 is 5.41 Å². The van der Waals surface area contributed by atoms with Gasteiger partial charge in [-0.25, -0.2) is 0 Å². The molecule has 0 saturated heterocycles.